The van der Waals surface area contributed by atoms with Crippen molar-refractivity contribution in [3.63, 3.8) is 0 Å². The quantitative estimate of drug-likeness (QED) is 0.474. The zero-order valence-corrected chi connectivity index (χ0v) is 9.07. The average Bonchev–Trinajstić information content (AvgIpc) is 2.03. The van der Waals surface area contributed by atoms with Crippen LogP contribution in [0.5, 0.6) is 0 Å². The number of hydrogen-bond acceptors (Lipinski definition) is 4. The average molecular weight is 192 g/mol. The number of aliphatic hydroxyl groups is 2. The van der Waals surface area contributed by atoms with Gasteiger partial charge in [0, 0.05) is 6.04 Å². The van der Waals surface area contributed by atoms with Crippen molar-refractivity contribution in [2.45, 2.75) is 52.5 Å². The van der Waals surface area contributed by atoms with E-state index < -0.39 is 6.23 Å². The topological polar surface area (TPSA) is 92.5 Å². The van der Waals surface area contributed by atoms with Gasteiger partial charge in [0.15, 0.2) is 0 Å². The molecule has 0 aromatic heterocycles. The Balaban J connectivity index is 0. The summed E-state index contributed by atoms with van der Waals surface area (Å²) in [5.74, 6) is 0.185. The van der Waals surface area contributed by atoms with E-state index in [0.717, 1.165) is 6.42 Å². The third-order valence-electron chi connectivity index (χ3n) is 1.77. The lowest BCUT2D eigenvalue weighted by molar-refractivity contribution is 0.132. The summed E-state index contributed by atoms with van der Waals surface area (Å²) in [7, 11) is 0. The van der Waals surface area contributed by atoms with E-state index in [-0.39, 0.29) is 18.1 Å². The van der Waals surface area contributed by atoms with Crippen molar-refractivity contribution >= 4 is 0 Å². The molecule has 6 N–H and O–H groups in total. The summed E-state index contributed by atoms with van der Waals surface area (Å²) >= 11 is 0. The Morgan fingerprint density at radius 1 is 1.08 bits per heavy atom. The van der Waals surface area contributed by atoms with E-state index in [9.17, 15) is 0 Å². The third-order valence-corrected chi connectivity index (χ3v) is 1.77. The second-order valence-corrected chi connectivity index (χ2v) is 3.55. The largest absolute Gasteiger partial charge is 0.392 e. The number of rotatable bonds is 3. The monoisotopic (exact) mass is 192 g/mol. The van der Waals surface area contributed by atoms with Gasteiger partial charge in [0.1, 0.15) is 6.23 Å². The van der Waals surface area contributed by atoms with Crippen molar-refractivity contribution in [2.75, 3.05) is 0 Å². The van der Waals surface area contributed by atoms with E-state index in [1.54, 1.807) is 6.92 Å². The summed E-state index contributed by atoms with van der Waals surface area (Å²) in [5, 5.41) is 17.1. The number of aliphatic hydroxyl groups excluding tert-OH is 2. The van der Waals surface area contributed by atoms with Crippen molar-refractivity contribution in [1.82, 2.24) is 0 Å². The Kier molecular flexibility index (Phi) is 9.94. The Morgan fingerprint density at radius 2 is 1.38 bits per heavy atom. The van der Waals surface area contributed by atoms with Crippen molar-refractivity contribution in [3.05, 3.63) is 0 Å². The smallest absolute Gasteiger partial charge is 0.104 e. The lowest BCUT2D eigenvalue weighted by Crippen LogP contribution is -2.31. The molecular weight excluding hydrogens is 168 g/mol. The summed E-state index contributed by atoms with van der Waals surface area (Å²) in [6, 6.07) is -0.0417. The van der Waals surface area contributed by atoms with Gasteiger partial charge in [-0.25, -0.2) is 0 Å². The summed E-state index contributed by atoms with van der Waals surface area (Å²) in [6.07, 6.45) is -0.160. The van der Waals surface area contributed by atoms with Gasteiger partial charge in [0.05, 0.1) is 6.10 Å². The molecule has 0 radical (unpaired) electrons. The van der Waals surface area contributed by atoms with Crippen LogP contribution in [0, 0.1) is 5.92 Å². The van der Waals surface area contributed by atoms with Crippen LogP contribution in [0.1, 0.15) is 34.1 Å². The Hall–Kier alpha value is -0.160. The summed E-state index contributed by atoms with van der Waals surface area (Å²) in [5.41, 5.74) is 10.4. The van der Waals surface area contributed by atoms with Crippen LogP contribution in [0.4, 0.5) is 0 Å². The van der Waals surface area contributed by atoms with Crippen LogP contribution in [-0.2, 0) is 0 Å². The summed E-state index contributed by atoms with van der Waals surface area (Å²) in [6.45, 7) is 7.39. The fourth-order valence-electron chi connectivity index (χ4n) is 0.341. The van der Waals surface area contributed by atoms with Crippen molar-refractivity contribution < 1.29 is 10.2 Å². The minimum absolute atomic E-state index is 0.0417. The summed E-state index contributed by atoms with van der Waals surface area (Å²) in [4.78, 5) is 0. The highest BCUT2D eigenvalue weighted by Crippen LogP contribution is 1.91. The lowest BCUT2D eigenvalue weighted by Gasteiger charge is -2.09. The predicted molar refractivity (Wildman–Crippen MR) is 55.0 cm³/mol. The molecule has 0 aliphatic rings. The maximum Gasteiger partial charge on any atom is 0.104 e. The first-order chi connectivity index (χ1) is 5.82. The van der Waals surface area contributed by atoms with Crippen molar-refractivity contribution in [2.24, 2.45) is 17.4 Å². The molecule has 0 fully saturated rings. The highest BCUT2D eigenvalue weighted by molar-refractivity contribution is 4.63. The van der Waals surface area contributed by atoms with Gasteiger partial charge in [-0.3, -0.25) is 0 Å². The van der Waals surface area contributed by atoms with E-state index >= 15 is 0 Å². The third kappa shape index (κ3) is 11.8. The molecule has 13 heavy (non-hydrogen) atoms. The second-order valence-electron chi connectivity index (χ2n) is 3.55. The molecule has 3 atom stereocenters. The van der Waals surface area contributed by atoms with Crippen LogP contribution >= 0.6 is 0 Å². The minimum atomic E-state index is -0.648. The Labute approximate surface area is 80.9 Å². The molecular formula is C9H24N2O2. The Morgan fingerprint density at radius 3 is 1.38 bits per heavy atom. The molecule has 0 aromatic carbocycles. The molecule has 0 aromatic rings. The van der Waals surface area contributed by atoms with Crippen LogP contribution in [-0.4, -0.2) is 28.6 Å². The minimum Gasteiger partial charge on any atom is -0.392 e. The summed E-state index contributed by atoms with van der Waals surface area (Å²) < 4.78 is 0. The zero-order valence-electron chi connectivity index (χ0n) is 9.07. The zero-order chi connectivity index (χ0) is 11.0. The molecule has 4 nitrogen and oxygen atoms in total. The van der Waals surface area contributed by atoms with Gasteiger partial charge in [0.2, 0.25) is 0 Å². The van der Waals surface area contributed by atoms with Crippen LogP contribution in [0.15, 0.2) is 0 Å². The molecule has 82 valence electrons. The normalized spacial score (nSPS) is 17.3. The molecule has 0 spiro atoms. The molecule has 0 saturated heterocycles. The van der Waals surface area contributed by atoms with Crippen molar-refractivity contribution in [3.8, 4) is 0 Å². The molecule has 0 amide bonds. The molecule has 4 heteroatoms. The fraction of sp³-hybridized carbons (Fsp3) is 1.00. The fourth-order valence-corrected chi connectivity index (χ4v) is 0.341. The molecule has 3 unspecified atom stereocenters. The van der Waals surface area contributed by atoms with Crippen LogP contribution in [0.3, 0.4) is 0 Å². The maximum atomic E-state index is 8.70. The van der Waals surface area contributed by atoms with E-state index in [2.05, 4.69) is 0 Å². The van der Waals surface area contributed by atoms with Gasteiger partial charge >= 0.3 is 0 Å². The van der Waals surface area contributed by atoms with Crippen LogP contribution in [0.25, 0.3) is 0 Å². The predicted octanol–water partition coefficient (Wildman–Crippen LogP) is 0.0240. The van der Waals surface area contributed by atoms with Gasteiger partial charge in [0.25, 0.3) is 0 Å². The van der Waals surface area contributed by atoms with Gasteiger partial charge in [-0.05, 0) is 19.3 Å². The first-order valence-corrected chi connectivity index (χ1v) is 4.70. The van der Waals surface area contributed by atoms with Crippen LogP contribution < -0.4 is 11.5 Å². The SMILES string of the molecule is CC(C)C(N)O.CCC(N)C(C)O. The first kappa shape index (κ1) is 15.3. The molecule has 0 rings (SSSR count). The van der Waals surface area contributed by atoms with E-state index in [1.165, 1.54) is 0 Å². The molecule has 0 aliphatic carbocycles. The molecule has 0 aliphatic heterocycles. The van der Waals surface area contributed by atoms with Gasteiger partial charge in [-0.15, -0.1) is 0 Å². The van der Waals surface area contributed by atoms with Gasteiger partial charge < -0.3 is 21.7 Å². The van der Waals surface area contributed by atoms with E-state index in [4.69, 9.17) is 21.7 Å². The first-order valence-electron chi connectivity index (χ1n) is 4.70. The van der Waals surface area contributed by atoms with Gasteiger partial charge in [-0.1, -0.05) is 20.8 Å². The highest BCUT2D eigenvalue weighted by atomic mass is 16.3. The van der Waals surface area contributed by atoms with E-state index in [0.29, 0.717) is 0 Å². The maximum absolute atomic E-state index is 8.70. The molecule has 0 heterocycles. The number of hydrogen-bond donors (Lipinski definition) is 4. The molecule has 0 saturated carbocycles. The Bertz CT molecular complexity index is 99.8. The second kappa shape index (κ2) is 8.44. The lowest BCUT2D eigenvalue weighted by atomic mass is 10.1. The molecule has 0 bridgehead atoms. The number of nitrogens with two attached hydrogens (primary N) is 2. The van der Waals surface area contributed by atoms with Crippen LogP contribution in [0.2, 0.25) is 0 Å². The van der Waals surface area contributed by atoms with Gasteiger partial charge in [-0.2, -0.15) is 0 Å². The van der Waals surface area contributed by atoms with Crippen molar-refractivity contribution in [1.29, 1.82) is 0 Å². The highest BCUT2D eigenvalue weighted by Gasteiger charge is 2.03. The van der Waals surface area contributed by atoms with E-state index in [1.807, 2.05) is 20.8 Å². The standard InChI is InChI=1S/C5H13NO.C4H11NO/c1-3-5(6)4(2)7;1-3(2)4(5)6/h4-5,7H,3,6H2,1-2H3;3-4,6H,5H2,1-2H3.